The number of carbonyl (C=O) groups excluding carboxylic acids is 1. The standard InChI is InChI=1S/C15H23N3O6S/c1-5-10(9(6(2)19)14(21)22)18-11(15(23)24)12(5)25-7-3-8(13(16)20)17-4-7/h5-10,17-19H,3-4H2,1-2H3,(H2,16,20)(H,21,22)(H,23,24)/t5-,6-,7+,8+,9-,10-/m1/s1. The van der Waals surface area contributed by atoms with E-state index >= 15 is 0 Å². The molecule has 1 fully saturated rings. The average molecular weight is 373 g/mol. The summed E-state index contributed by atoms with van der Waals surface area (Å²) in [6.07, 6.45) is -0.656. The second kappa shape index (κ2) is 7.63. The van der Waals surface area contributed by atoms with Crippen LogP contribution in [-0.4, -0.2) is 63.1 Å². The maximum Gasteiger partial charge on any atom is 0.352 e. The molecule has 1 amide bonds. The topological polar surface area (TPSA) is 162 Å². The number of aliphatic hydroxyl groups excluding tert-OH is 1. The second-order valence-electron chi connectivity index (χ2n) is 6.45. The number of carbonyl (C=O) groups is 3. The largest absolute Gasteiger partial charge is 0.481 e. The molecule has 7 N–H and O–H groups in total. The van der Waals surface area contributed by atoms with E-state index < -0.39 is 47.9 Å². The Morgan fingerprint density at radius 2 is 1.96 bits per heavy atom. The molecular formula is C15H23N3O6S. The molecule has 0 saturated carbocycles. The Bertz CT molecular complexity index is 608. The van der Waals surface area contributed by atoms with Gasteiger partial charge in [-0.25, -0.2) is 4.79 Å². The Balaban J connectivity index is 2.19. The Labute approximate surface area is 149 Å². The molecule has 0 aromatic heterocycles. The fourth-order valence-corrected chi connectivity index (χ4v) is 4.79. The van der Waals surface area contributed by atoms with Crippen LogP contribution in [0.5, 0.6) is 0 Å². The number of primary amides is 1. The van der Waals surface area contributed by atoms with E-state index in [1.807, 2.05) is 0 Å². The van der Waals surface area contributed by atoms with Crippen LogP contribution in [0, 0.1) is 11.8 Å². The Hall–Kier alpha value is -1.78. The van der Waals surface area contributed by atoms with Gasteiger partial charge in [0, 0.05) is 28.7 Å². The molecule has 140 valence electrons. The third-order valence-corrected chi connectivity index (χ3v) is 6.17. The molecule has 2 rings (SSSR count). The fraction of sp³-hybridized carbons (Fsp3) is 0.667. The van der Waals surface area contributed by atoms with Crippen molar-refractivity contribution in [3.63, 3.8) is 0 Å². The maximum atomic E-state index is 11.6. The van der Waals surface area contributed by atoms with Crippen LogP contribution in [0.3, 0.4) is 0 Å². The van der Waals surface area contributed by atoms with Gasteiger partial charge in [0.05, 0.1) is 12.1 Å². The fourth-order valence-electron chi connectivity index (χ4n) is 3.34. The molecule has 0 spiro atoms. The molecule has 2 heterocycles. The highest BCUT2D eigenvalue weighted by atomic mass is 32.2. The number of nitrogens with two attached hydrogens (primary N) is 1. The number of hydrogen-bond acceptors (Lipinski definition) is 7. The third-order valence-electron chi connectivity index (χ3n) is 4.64. The van der Waals surface area contributed by atoms with Gasteiger partial charge in [0.2, 0.25) is 5.91 Å². The van der Waals surface area contributed by atoms with Gasteiger partial charge in [-0.3, -0.25) is 9.59 Å². The van der Waals surface area contributed by atoms with Gasteiger partial charge in [0.1, 0.15) is 11.6 Å². The normalized spacial score (nSPS) is 31.5. The molecule has 6 atom stereocenters. The molecule has 0 bridgehead atoms. The van der Waals surface area contributed by atoms with Crippen molar-refractivity contribution in [2.75, 3.05) is 6.54 Å². The monoisotopic (exact) mass is 373 g/mol. The van der Waals surface area contributed by atoms with E-state index in [1.165, 1.54) is 18.7 Å². The minimum atomic E-state index is -1.19. The first-order chi connectivity index (χ1) is 11.6. The Morgan fingerprint density at radius 3 is 2.40 bits per heavy atom. The number of rotatable bonds is 7. The lowest BCUT2D eigenvalue weighted by molar-refractivity contribution is -0.147. The van der Waals surface area contributed by atoms with E-state index in [4.69, 9.17) is 5.73 Å². The van der Waals surface area contributed by atoms with E-state index in [0.717, 1.165) is 0 Å². The van der Waals surface area contributed by atoms with Gasteiger partial charge in [0.25, 0.3) is 0 Å². The van der Waals surface area contributed by atoms with Crippen molar-refractivity contribution in [3.05, 3.63) is 10.6 Å². The first-order valence-electron chi connectivity index (χ1n) is 7.97. The quantitative estimate of drug-likeness (QED) is 0.326. The summed E-state index contributed by atoms with van der Waals surface area (Å²) in [4.78, 5) is 34.8. The molecule has 1 saturated heterocycles. The SMILES string of the molecule is C[C@@H](O)[C@@H](C(=O)O)[C@@H]1NC(C(=O)O)=C(S[C@@H]2CN[C@H](C(N)=O)C2)[C@@H]1C. The number of carboxylic acids is 2. The summed E-state index contributed by atoms with van der Waals surface area (Å²) < 4.78 is 0. The lowest BCUT2D eigenvalue weighted by Crippen LogP contribution is -2.45. The first-order valence-corrected chi connectivity index (χ1v) is 8.85. The van der Waals surface area contributed by atoms with E-state index in [0.29, 0.717) is 17.9 Å². The summed E-state index contributed by atoms with van der Waals surface area (Å²) in [5, 5.41) is 34.3. The average Bonchev–Trinajstić information content (AvgIpc) is 3.07. The maximum absolute atomic E-state index is 11.6. The zero-order chi connectivity index (χ0) is 18.9. The van der Waals surface area contributed by atoms with E-state index in [2.05, 4.69) is 10.6 Å². The predicted molar refractivity (Wildman–Crippen MR) is 90.5 cm³/mol. The zero-order valence-electron chi connectivity index (χ0n) is 13.9. The summed E-state index contributed by atoms with van der Waals surface area (Å²) in [7, 11) is 0. The molecule has 10 heteroatoms. The third kappa shape index (κ3) is 4.07. The number of carboxylic acid groups (broad SMARTS) is 2. The summed E-state index contributed by atoms with van der Waals surface area (Å²) in [5.41, 5.74) is 5.23. The number of amides is 1. The zero-order valence-corrected chi connectivity index (χ0v) is 14.7. The predicted octanol–water partition coefficient (Wildman–Crippen LogP) is -1.08. The van der Waals surface area contributed by atoms with Crippen LogP contribution >= 0.6 is 11.8 Å². The van der Waals surface area contributed by atoms with Crippen molar-refractivity contribution in [3.8, 4) is 0 Å². The summed E-state index contributed by atoms with van der Waals surface area (Å²) in [6.45, 7) is 3.62. The van der Waals surface area contributed by atoms with Crippen molar-refractivity contribution in [1.29, 1.82) is 0 Å². The Morgan fingerprint density at radius 1 is 1.32 bits per heavy atom. The summed E-state index contributed by atoms with van der Waals surface area (Å²) in [5.74, 6) is -4.36. The minimum Gasteiger partial charge on any atom is -0.481 e. The van der Waals surface area contributed by atoms with Gasteiger partial charge in [-0.2, -0.15) is 0 Å². The molecule has 0 unspecified atom stereocenters. The number of hydrogen-bond donors (Lipinski definition) is 6. The van der Waals surface area contributed by atoms with Gasteiger partial charge < -0.3 is 31.7 Å². The van der Waals surface area contributed by atoms with Gasteiger partial charge in [-0.1, -0.05) is 6.92 Å². The van der Waals surface area contributed by atoms with Crippen LogP contribution in [0.1, 0.15) is 20.3 Å². The highest BCUT2D eigenvalue weighted by molar-refractivity contribution is 8.03. The van der Waals surface area contributed by atoms with E-state index in [-0.39, 0.29) is 10.9 Å². The first kappa shape index (κ1) is 19.5. The lowest BCUT2D eigenvalue weighted by Gasteiger charge is -2.27. The van der Waals surface area contributed by atoms with Crippen molar-refractivity contribution in [2.45, 2.75) is 43.7 Å². The number of thioether (sulfide) groups is 1. The van der Waals surface area contributed by atoms with Crippen LogP contribution in [0.25, 0.3) is 0 Å². The molecule has 25 heavy (non-hydrogen) atoms. The highest BCUT2D eigenvalue weighted by Gasteiger charge is 2.45. The van der Waals surface area contributed by atoms with Crippen molar-refractivity contribution >= 4 is 29.6 Å². The van der Waals surface area contributed by atoms with Gasteiger partial charge in [-0.05, 0) is 13.3 Å². The molecule has 0 aliphatic carbocycles. The van der Waals surface area contributed by atoms with Crippen LogP contribution < -0.4 is 16.4 Å². The van der Waals surface area contributed by atoms with Crippen LogP contribution in [-0.2, 0) is 14.4 Å². The number of aliphatic hydroxyl groups is 1. The van der Waals surface area contributed by atoms with Gasteiger partial charge >= 0.3 is 11.9 Å². The smallest absolute Gasteiger partial charge is 0.352 e. The van der Waals surface area contributed by atoms with Gasteiger partial charge in [0.15, 0.2) is 0 Å². The molecule has 0 radical (unpaired) electrons. The van der Waals surface area contributed by atoms with Crippen molar-refractivity contribution < 1.29 is 29.7 Å². The number of nitrogens with one attached hydrogen (secondary N) is 2. The van der Waals surface area contributed by atoms with Crippen LogP contribution in [0.4, 0.5) is 0 Å². The molecule has 0 aromatic carbocycles. The summed E-state index contributed by atoms with van der Waals surface area (Å²) in [6, 6.07) is -1.18. The minimum absolute atomic E-state index is 0.0420. The lowest BCUT2D eigenvalue weighted by atomic mass is 9.87. The highest BCUT2D eigenvalue weighted by Crippen LogP contribution is 2.41. The Kier molecular flexibility index (Phi) is 5.96. The van der Waals surface area contributed by atoms with Crippen LogP contribution in [0.2, 0.25) is 0 Å². The summed E-state index contributed by atoms with van der Waals surface area (Å²) >= 11 is 1.32. The van der Waals surface area contributed by atoms with E-state index in [1.54, 1.807) is 6.92 Å². The molecule has 2 aliphatic rings. The van der Waals surface area contributed by atoms with Crippen molar-refractivity contribution in [1.82, 2.24) is 10.6 Å². The number of aliphatic carboxylic acids is 2. The van der Waals surface area contributed by atoms with E-state index in [9.17, 15) is 29.7 Å². The molecular weight excluding hydrogens is 350 g/mol. The van der Waals surface area contributed by atoms with Crippen LogP contribution in [0.15, 0.2) is 10.6 Å². The van der Waals surface area contributed by atoms with Crippen molar-refractivity contribution in [2.24, 2.45) is 17.6 Å². The molecule has 9 nitrogen and oxygen atoms in total. The second-order valence-corrected chi connectivity index (χ2v) is 7.79. The molecule has 0 aromatic rings. The van der Waals surface area contributed by atoms with Gasteiger partial charge in [-0.15, -0.1) is 11.8 Å². The molecule has 2 aliphatic heterocycles.